The summed E-state index contributed by atoms with van der Waals surface area (Å²) in [6.45, 7) is 15.2. The van der Waals surface area contributed by atoms with Crippen LogP contribution in [0.15, 0.2) is 23.3 Å². The van der Waals surface area contributed by atoms with Crippen molar-refractivity contribution in [3.63, 3.8) is 0 Å². The highest BCUT2D eigenvalue weighted by atomic mass is 16.8. The van der Waals surface area contributed by atoms with Crippen LogP contribution in [0.4, 0.5) is 0 Å². The first-order valence-corrected chi connectivity index (χ1v) is 24.6. The van der Waals surface area contributed by atoms with Crippen molar-refractivity contribution >= 4 is 11.9 Å². The molecule has 3 heterocycles. The van der Waals surface area contributed by atoms with Gasteiger partial charge >= 0.3 is 11.9 Å². The van der Waals surface area contributed by atoms with E-state index in [4.69, 9.17) is 37.9 Å². The number of carbonyl (C=O) groups is 2. The van der Waals surface area contributed by atoms with Crippen LogP contribution in [0.5, 0.6) is 0 Å². The summed E-state index contributed by atoms with van der Waals surface area (Å²) >= 11 is 0. The molecule has 0 radical (unpaired) electrons. The molecule has 0 aromatic rings. The van der Waals surface area contributed by atoms with E-state index in [2.05, 4.69) is 19.9 Å². The molecular weight excluding hydrogens is 893 g/mol. The summed E-state index contributed by atoms with van der Waals surface area (Å²) in [6.07, 6.45) is -15.3. The lowest BCUT2D eigenvalue weighted by molar-refractivity contribution is -0.369. The first kappa shape index (κ1) is 53.6. The van der Waals surface area contributed by atoms with Gasteiger partial charge in [0.1, 0.15) is 48.8 Å². The molecule has 19 heteroatoms. The second-order valence-electron chi connectivity index (χ2n) is 21.7. The normalized spacial score (nSPS) is 49.0. The molecule has 3 aliphatic heterocycles. The van der Waals surface area contributed by atoms with Gasteiger partial charge in [-0.1, -0.05) is 44.1 Å². The Morgan fingerprint density at radius 3 is 2.07 bits per heavy atom. The van der Waals surface area contributed by atoms with Gasteiger partial charge in [-0.3, -0.25) is 9.59 Å². The number of aliphatic hydroxyl groups is 9. The number of hydrogen-bond donors (Lipinski definition) is 9. The fraction of sp³-hybridized carbons (Fsp3) is 0.878. The second-order valence-corrected chi connectivity index (χ2v) is 21.7. The smallest absolute Gasteiger partial charge is 0.303 e. The Balaban J connectivity index is 1.15. The molecule has 0 unspecified atom stereocenters. The lowest BCUT2D eigenvalue weighted by Crippen LogP contribution is -2.64. The molecule has 19 nitrogen and oxygen atoms in total. The highest BCUT2D eigenvalue weighted by Crippen LogP contribution is 2.68. The Labute approximate surface area is 398 Å². The van der Waals surface area contributed by atoms with Gasteiger partial charge in [0.2, 0.25) is 0 Å². The lowest BCUT2D eigenvalue weighted by Gasteiger charge is -2.60. The lowest BCUT2D eigenvalue weighted by atomic mass is 9.46. The van der Waals surface area contributed by atoms with Crippen molar-refractivity contribution in [3.8, 4) is 0 Å². The minimum Gasteiger partial charge on any atom is -0.455 e. The Morgan fingerprint density at radius 2 is 1.43 bits per heavy atom. The molecule has 0 amide bonds. The average molecular weight is 971 g/mol. The summed E-state index contributed by atoms with van der Waals surface area (Å²) in [7, 11) is 0. The topological polar surface area (TPSA) is 290 Å². The number of carbonyl (C=O) groups excluding carboxylic acids is 2. The third-order valence-corrected chi connectivity index (χ3v) is 16.9. The molecular formula is C49H78O19. The number of esters is 2. The number of hydrogen-bond acceptors (Lipinski definition) is 19. The van der Waals surface area contributed by atoms with Gasteiger partial charge in [-0.15, -0.1) is 0 Å². The summed E-state index contributed by atoms with van der Waals surface area (Å²) < 4.78 is 48.5. The second kappa shape index (κ2) is 21.1. The van der Waals surface area contributed by atoms with Crippen LogP contribution in [0.2, 0.25) is 0 Å². The molecule has 7 aliphatic rings. The van der Waals surface area contributed by atoms with E-state index in [0.717, 1.165) is 11.1 Å². The van der Waals surface area contributed by atoms with Crippen LogP contribution in [0.25, 0.3) is 0 Å². The number of aliphatic hydroxyl groups excluding tert-OH is 9. The molecule has 0 bridgehead atoms. The van der Waals surface area contributed by atoms with E-state index >= 15 is 0 Å². The fourth-order valence-corrected chi connectivity index (χ4v) is 13.5. The van der Waals surface area contributed by atoms with Gasteiger partial charge < -0.3 is 83.9 Å². The van der Waals surface area contributed by atoms with Gasteiger partial charge in [-0.05, 0) is 113 Å². The number of allylic oxidation sites excluding steroid dienone is 2. The van der Waals surface area contributed by atoms with Crippen molar-refractivity contribution in [3.05, 3.63) is 23.3 Å². The zero-order valence-electron chi connectivity index (χ0n) is 40.8. The summed E-state index contributed by atoms with van der Waals surface area (Å²) in [5.74, 6) is -2.21. The molecule has 7 rings (SSSR count). The summed E-state index contributed by atoms with van der Waals surface area (Å²) in [5.41, 5.74) is 1.13. The quantitative estimate of drug-likeness (QED) is 0.0915. The third-order valence-electron chi connectivity index (χ3n) is 16.9. The molecule has 26 atom stereocenters. The van der Waals surface area contributed by atoms with E-state index in [1.54, 1.807) is 6.92 Å². The van der Waals surface area contributed by atoms with Gasteiger partial charge in [0.05, 0.1) is 43.2 Å². The maximum Gasteiger partial charge on any atom is 0.303 e. The summed E-state index contributed by atoms with van der Waals surface area (Å²) in [6, 6.07) is 0. The first-order chi connectivity index (χ1) is 31.9. The van der Waals surface area contributed by atoms with Crippen LogP contribution in [-0.2, 0) is 47.5 Å². The maximum atomic E-state index is 12.6. The average Bonchev–Trinajstić information content (AvgIpc) is 3.56. The third kappa shape index (κ3) is 10.2. The SMILES string of the molecule is CC(=O)O[C@@H]1[C@@H](O)[C@H](C)O[C@@H](O[C@H]2C[C@H]3[C@@H]4CC=C5C[C@@H](O[C@@H]6O[C@H](CO)[C@@H](O)[C@H](O)[C@H]6O[C@@H]6O[C@@H](C)[C@H](O)[C@@H](O)[C@H]6O)CC[C@]5(C)[C@H]4[C@H](O)C[C@]3(C)[C@H]2[C@H](C)[C@@H](O)CC=C(C)C)[C@@H]1OC(C)=O. The largest absolute Gasteiger partial charge is 0.455 e. The van der Waals surface area contributed by atoms with Crippen LogP contribution in [0.1, 0.15) is 107 Å². The molecule has 6 fully saturated rings. The van der Waals surface area contributed by atoms with Crippen LogP contribution in [0.3, 0.4) is 0 Å². The number of rotatable bonds is 13. The molecule has 0 aromatic carbocycles. The first-order valence-electron chi connectivity index (χ1n) is 24.6. The van der Waals surface area contributed by atoms with Crippen molar-refractivity contribution in [2.24, 2.45) is 40.4 Å². The molecule has 3 saturated carbocycles. The molecule has 9 N–H and O–H groups in total. The van der Waals surface area contributed by atoms with Crippen LogP contribution in [-0.4, -0.2) is 181 Å². The Hall–Kier alpha value is -2.18. The van der Waals surface area contributed by atoms with E-state index in [-0.39, 0.29) is 29.6 Å². The predicted molar refractivity (Wildman–Crippen MR) is 237 cm³/mol. The van der Waals surface area contributed by atoms with E-state index in [1.165, 1.54) is 20.8 Å². The highest BCUT2D eigenvalue weighted by molar-refractivity contribution is 5.67. The monoisotopic (exact) mass is 971 g/mol. The van der Waals surface area contributed by atoms with Crippen molar-refractivity contribution in [2.75, 3.05) is 6.61 Å². The Bertz CT molecular complexity index is 1830. The predicted octanol–water partition coefficient (Wildman–Crippen LogP) is 0.891. The van der Waals surface area contributed by atoms with E-state index in [9.17, 15) is 55.5 Å². The zero-order chi connectivity index (χ0) is 49.9. The van der Waals surface area contributed by atoms with Gasteiger partial charge in [-0.25, -0.2) is 0 Å². The van der Waals surface area contributed by atoms with E-state index in [1.807, 2.05) is 26.8 Å². The minimum absolute atomic E-state index is 0.00719. The number of ether oxygens (including phenoxy) is 8. The number of fused-ring (bicyclic) bond motifs is 5. The van der Waals surface area contributed by atoms with Crippen molar-refractivity contribution in [1.29, 1.82) is 0 Å². The maximum absolute atomic E-state index is 12.6. The van der Waals surface area contributed by atoms with Gasteiger partial charge in [-0.2, -0.15) is 0 Å². The van der Waals surface area contributed by atoms with E-state index in [0.29, 0.717) is 44.9 Å². The Kier molecular flexibility index (Phi) is 16.6. The van der Waals surface area contributed by atoms with Crippen molar-refractivity contribution in [1.82, 2.24) is 0 Å². The highest BCUT2D eigenvalue weighted by Gasteiger charge is 2.66. The fourth-order valence-electron chi connectivity index (χ4n) is 13.5. The van der Waals surface area contributed by atoms with Crippen LogP contribution >= 0.6 is 0 Å². The molecule has 68 heavy (non-hydrogen) atoms. The van der Waals surface area contributed by atoms with Gasteiger partial charge in [0.25, 0.3) is 0 Å². The van der Waals surface area contributed by atoms with Gasteiger partial charge in [0.15, 0.2) is 31.1 Å². The summed E-state index contributed by atoms with van der Waals surface area (Å²) in [5, 5.41) is 99.0. The minimum atomic E-state index is -1.70. The zero-order valence-corrected chi connectivity index (χ0v) is 40.8. The molecule has 0 spiro atoms. The van der Waals surface area contributed by atoms with E-state index < -0.39 is 146 Å². The van der Waals surface area contributed by atoms with Crippen LogP contribution < -0.4 is 0 Å². The Morgan fingerprint density at radius 1 is 0.794 bits per heavy atom. The molecule has 388 valence electrons. The van der Waals surface area contributed by atoms with Gasteiger partial charge in [0, 0.05) is 13.8 Å². The molecule has 0 aromatic heterocycles. The summed E-state index contributed by atoms with van der Waals surface area (Å²) in [4.78, 5) is 24.8. The van der Waals surface area contributed by atoms with Crippen molar-refractivity contribution < 1.29 is 93.4 Å². The van der Waals surface area contributed by atoms with Crippen LogP contribution in [0, 0.1) is 40.4 Å². The standard InChI is InChI=1S/C49H78O19/c1-20(2)10-13-30(53)21(3)34-32(66-47-44(64-25(7)52)42(63-24(6)51)37(56)23(5)62-47)17-29-28-12-11-26-16-27(14-15-48(26,8)35(28)31(54)18-49(29,34)9)65-46-43(40(59)38(57)33(19-50)67-46)68-45-41(60)39(58)36(55)22(4)61-45/h10-11,21-23,27-47,50,53-60H,12-19H2,1-9H3/t21-,22+,23+,27+,28+,29+,30+,31-,32+,33-,34+,35-,36+,37+,38-,39-,40+,41-,42-,43-,44-,45+,46-,47+,48+,49+/m1/s1. The van der Waals surface area contributed by atoms with Crippen molar-refractivity contribution in [2.45, 2.75) is 224 Å². The molecule has 4 aliphatic carbocycles. The molecule has 3 saturated heterocycles.